The van der Waals surface area contributed by atoms with E-state index in [1.807, 2.05) is 11.4 Å². The molecule has 2 rings (SSSR count). The second-order valence-corrected chi connectivity index (χ2v) is 5.47. The molecular formula is C15H20N2O2S. The van der Waals surface area contributed by atoms with Crippen LogP contribution in [0, 0.1) is 6.92 Å². The van der Waals surface area contributed by atoms with Crippen molar-refractivity contribution in [3.63, 3.8) is 0 Å². The minimum Gasteiger partial charge on any atom is -0.486 e. The van der Waals surface area contributed by atoms with Gasteiger partial charge in [-0.15, -0.1) is 11.3 Å². The van der Waals surface area contributed by atoms with E-state index in [1.165, 1.54) is 5.56 Å². The molecule has 0 atom stereocenters. The number of aromatic nitrogens is 1. The summed E-state index contributed by atoms with van der Waals surface area (Å²) in [5.74, 6) is 0.913. The Labute approximate surface area is 123 Å². The topological polar surface area (TPSA) is 43.4 Å². The molecular weight excluding hydrogens is 272 g/mol. The first-order valence-corrected chi connectivity index (χ1v) is 7.48. The van der Waals surface area contributed by atoms with E-state index in [1.54, 1.807) is 24.6 Å². The molecule has 0 aliphatic heterocycles. The van der Waals surface area contributed by atoms with Crippen LogP contribution in [0.2, 0.25) is 0 Å². The van der Waals surface area contributed by atoms with Crippen molar-refractivity contribution in [2.45, 2.75) is 20.1 Å². The second kappa shape index (κ2) is 7.99. The van der Waals surface area contributed by atoms with Gasteiger partial charge in [-0.3, -0.25) is 0 Å². The Balaban J connectivity index is 1.95. The molecule has 1 N–H and O–H groups in total. The van der Waals surface area contributed by atoms with Crippen LogP contribution in [0.1, 0.15) is 16.1 Å². The van der Waals surface area contributed by atoms with Crippen molar-refractivity contribution in [2.75, 3.05) is 20.3 Å². The van der Waals surface area contributed by atoms with Gasteiger partial charge in [-0.05, 0) is 13.0 Å². The van der Waals surface area contributed by atoms with Crippen LogP contribution in [-0.4, -0.2) is 25.2 Å². The summed E-state index contributed by atoms with van der Waals surface area (Å²) < 4.78 is 10.9. The Kier molecular flexibility index (Phi) is 5.98. The first-order valence-electron chi connectivity index (χ1n) is 6.60. The van der Waals surface area contributed by atoms with Gasteiger partial charge in [-0.25, -0.2) is 4.98 Å². The minimum atomic E-state index is 0.520. The molecule has 0 spiro atoms. The Morgan fingerprint density at radius 1 is 1.35 bits per heavy atom. The van der Waals surface area contributed by atoms with Crippen molar-refractivity contribution in [3.8, 4) is 5.75 Å². The summed E-state index contributed by atoms with van der Waals surface area (Å²) in [5.41, 5.74) is 2.40. The van der Waals surface area contributed by atoms with Gasteiger partial charge in [-0.1, -0.05) is 17.7 Å². The van der Waals surface area contributed by atoms with Crippen LogP contribution in [0.3, 0.4) is 0 Å². The molecule has 0 saturated heterocycles. The summed E-state index contributed by atoms with van der Waals surface area (Å²) in [6.07, 6.45) is 1.80. The summed E-state index contributed by atoms with van der Waals surface area (Å²) in [7, 11) is 1.71. The Bertz CT molecular complexity index is 515. The summed E-state index contributed by atoms with van der Waals surface area (Å²) in [6, 6.07) is 6.24. The molecule has 108 valence electrons. The lowest BCUT2D eigenvalue weighted by atomic mass is 10.1. The van der Waals surface area contributed by atoms with Crippen molar-refractivity contribution in [1.29, 1.82) is 0 Å². The number of aryl methyl sites for hydroxylation is 1. The number of nitrogens with zero attached hydrogens (tertiary/aromatic N) is 1. The largest absolute Gasteiger partial charge is 0.486 e. The maximum atomic E-state index is 5.87. The summed E-state index contributed by atoms with van der Waals surface area (Å²) in [6.45, 7) is 4.92. The normalized spacial score (nSPS) is 10.7. The second-order valence-electron chi connectivity index (χ2n) is 4.50. The number of hydrogen-bond acceptors (Lipinski definition) is 5. The average Bonchev–Trinajstić information content (AvgIpc) is 2.96. The van der Waals surface area contributed by atoms with Crippen LogP contribution in [0.25, 0.3) is 0 Å². The van der Waals surface area contributed by atoms with Gasteiger partial charge in [0.1, 0.15) is 17.4 Å². The number of hydrogen-bond donors (Lipinski definition) is 1. The van der Waals surface area contributed by atoms with E-state index in [4.69, 9.17) is 9.47 Å². The maximum Gasteiger partial charge on any atom is 0.140 e. The third-order valence-corrected chi connectivity index (χ3v) is 3.60. The molecule has 5 heteroatoms. The number of nitrogens with one attached hydrogen (secondary N) is 1. The highest BCUT2D eigenvalue weighted by molar-refractivity contribution is 7.09. The van der Waals surface area contributed by atoms with Gasteiger partial charge in [0, 0.05) is 37.3 Å². The minimum absolute atomic E-state index is 0.520. The molecule has 0 radical (unpaired) electrons. The van der Waals surface area contributed by atoms with Gasteiger partial charge in [0.25, 0.3) is 0 Å². The molecule has 0 aliphatic carbocycles. The molecule has 1 heterocycles. The van der Waals surface area contributed by atoms with E-state index in [0.29, 0.717) is 13.2 Å². The highest BCUT2D eigenvalue weighted by Gasteiger charge is 2.05. The molecule has 2 aromatic rings. The van der Waals surface area contributed by atoms with E-state index < -0.39 is 0 Å². The number of methoxy groups -OCH3 is 1. The fraction of sp³-hybridized carbons (Fsp3) is 0.400. The quantitative estimate of drug-likeness (QED) is 0.760. The molecule has 20 heavy (non-hydrogen) atoms. The van der Waals surface area contributed by atoms with Gasteiger partial charge < -0.3 is 14.8 Å². The van der Waals surface area contributed by atoms with E-state index in [9.17, 15) is 0 Å². The summed E-state index contributed by atoms with van der Waals surface area (Å²) in [5, 5.41) is 6.29. The predicted octanol–water partition coefficient (Wildman–Crippen LogP) is 2.77. The maximum absolute atomic E-state index is 5.87. The van der Waals surface area contributed by atoms with Crippen molar-refractivity contribution in [1.82, 2.24) is 10.3 Å². The molecule has 4 nitrogen and oxygen atoms in total. The highest BCUT2D eigenvalue weighted by Crippen LogP contribution is 2.21. The monoisotopic (exact) mass is 292 g/mol. The predicted molar refractivity (Wildman–Crippen MR) is 81.2 cm³/mol. The van der Waals surface area contributed by atoms with Crippen LogP contribution >= 0.6 is 11.3 Å². The van der Waals surface area contributed by atoms with Crippen LogP contribution in [-0.2, 0) is 17.9 Å². The Hall–Kier alpha value is -1.43. The third-order valence-electron chi connectivity index (χ3n) is 2.85. The van der Waals surface area contributed by atoms with Crippen molar-refractivity contribution >= 4 is 11.3 Å². The van der Waals surface area contributed by atoms with E-state index in [2.05, 4.69) is 29.4 Å². The van der Waals surface area contributed by atoms with Crippen LogP contribution in [0.5, 0.6) is 5.75 Å². The first kappa shape index (κ1) is 15.0. The van der Waals surface area contributed by atoms with Crippen molar-refractivity contribution < 1.29 is 9.47 Å². The molecule has 1 aromatic heterocycles. The lowest BCUT2D eigenvalue weighted by Gasteiger charge is -2.12. The van der Waals surface area contributed by atoms with Crippen LogP contribution in [0.15, 0.2) is 29.8 Å². The van der Waals surface area contributed by atoms with E-state index >= 15 is 0 Å². The smallest absolute Gasteiger partial charge is 0.140 e. The number of thiazole rings is 1. The molecule has 0 amide bonds. The number of ether oxygens (including phenoxy) is 2. The average molecular weight is 292 g/mol. The molecule has 0 bridgehead atoms. The zero-order chi connectivity index (χ0) is 14.2. The van der Waals surface area contributed by atoms with Crippen molar-refractivity contribution in [2.24, 2.45) is 0 Å². The number of rotatable bonds is 8. The standard InChI is InChI=1S/C15H20N2O2S/c1-12-3-4-14(19-11-15-17-6-8-20-15)13(9-12)10-16-5-7-18-2/h3-4,6,8-9,16H,5,7,10-11H2,1-2H3. The van der Waals surface area contributed by atoms with Crippen molar-refractivity contribution in [3.05, 3.63) is 45.9 Å². The van der Waals surface area contributed by atoms with Gasteiger partial charge in [-0.2, -0.15) is 0 Å². The lowest BCUT2D eigenvalue weighted by Crippen LogP contribution is -2.19. The molecule has 1 aromatic carbocycles. The first-order chi connectivity index (χ1) is 9.79. The van der Waals surface area contributed by atoms with Crippen LogP contribution < -0.4 is 10.1 Å². The Morgan fingerprint density at radius 3 is 3.00 bits per heavy atom. The third kappa shape index (κ3) is 4.59. The fourth-order valence-corrected chi connectivity index (χ4v) is 2.38. The van der Waals surface area contributed by atoms with E-state index in [0.717, 1.165) is 29.4 Å². The SMILES string of the molecule is COCCNCc1cc(C)ccc1OCc1nccs1. The molecule has 0 unspecified atom stereocenters. The molecule has 0 saturated carbocycles. The fourth-order valence-electron chi connectivity index (χ4n) is 1.85. The van der Waals surface area contributed by atoms with Gasteiger partial charge in [0.05, 0.1) is 6.61 Å². The zero-order valence-electron chi connectivity index (χ0n) is 11.9. The van der Waals surface area contributed by atoms with Gasteiger partial charge in [0.2, 0.25) is 0 Å². The Morgan fingerprint density at radius 2 is 2.25 bits per heavy atom. The highest BCUT2D eigenvalue weighted by atomic mass is 32.1. The van der Waals surface area contributed by atoms with E-state index in [-0.39, 0.29) is 0 Å². The molecule has 0 fully saturated rings. The lowest BCUT2D eigenvalue weighted by molar-refractivity contribution is 0.199. The van der Waals surface area contributed by atoms with Gasteiger partial charge >= 0.3 is 0 Å². The summed E-state index contributed by atoms with van der Waals surface area (Å²) >= 11 is 1.61. The zero-order valence-corrected chi connectivity index (χ0v) is 12.7. The van der Waals surface area contributed by atoms with Crippen LogP contribution in [0.4, 0.5) is 0 Å². The number of benzene rings is 1. The molecule has 0 aliphatic rings. The van der Waals surface area contributed by atoms with Gasteiger partial charge in [0.15, 0.2) is 0 Å². The summed E-state index contributed by atoms with van der Waals surface area (Å²) in [4.78, 5) is 4.23.